The maximum atomic E-state index is 4.24. The van der Waals surface area contributed by atoms with Gasteiger partial charge in [-0.05, 0) is 18.7 Å². The Bertz CT molecular complexity index is 422. The number of H-pyrrole nitrogens is 1. The zero-order chi connectivity index (χ0) is 9.26. The fraction of sp³-hybridized carbons (Fsp3) is 0.333. The standard InChI is InChI=1S/C9H11N3S/c1-3-13-9-7-4-6(2)12-8(7)10-5-11-9/h4-5H,3H2,1-2H3,(H,10,11,12). The molecule has 2 rings (SSSR count). The highest BCUT2D eigenvalue weighted by Crippen LogP contribution is 2.24. The first kappa shape index (κ1) is 8.56. The van der Waals surface area contributed by atoms with E-state index in [4.69, 9.17) is 0 Å². The van der Waals surface area contributed by atoms with E-state index >= 15 is 0 Å². The Morgan fingerprint density at radius 3 is 3.08 bits per heavy atom. The number of fused-ring (bicyclic) bond motifs is 1. The minimum atomic E-state index is 0.934. The third-order valence-corrected chi connectivity index (χ3v) is 2.69. The van der Waals surface area contributed by atoms with E-state index in [9.17, 15) is 0 Å². The summed E-state index contributed by atoms with van der Waals surface area (Å²) in [5.41, 5.74) is 2.07. The maximum Gasteiger partial charge on any atom is 0.142 e. The first-order chi connectivity index (χ1) is 6.31. The number of thioether (sulfide) groups is 1. The van der Waals surface area contributed by atoms with Crippen molar-refractivity contribution in [3.05, 3.63) is 18.1 Å². The van der Waals surface area contributed by atoms with Crippen LogP contribution >= 0.6 is 11.8 Å². The maximum absolute atomic E-state index is 4.24. The van der Waals surface area contributed by atoms with E-state index in [0.29, 0.717) is 0 Å². The summed E-state index contributed by atoms with van der Waals surface area (Å²) in [6, 6.07) is 2.09. The largest absolute Gasteiger partial charge is 0.343 e. The van der Waals surface area contributed by atoms with Gasteiger partial charge in [-0.2, -0.15) is 0 Å². The SMILES string of the molecule is CCSc1ncnc2[nH]c(C)cc12. The number of hydrogen-bond acceptors (Lipinski definition) is 3. The molecule has 0 saturated heterocycles. The number of aromatic nitrogens is 3. The van der Waals surface area contributed by atoms with Crippen LogP contribution in [0.3, 0.4) is 0 Å². The average Bonchev–Trinajstić information content (AvgIpc) is 2.47. The Morgan fingerprint density at radius 1 is 1.46 bits per heavy atom. The van der Waals surface area contributed by atoms with Gasteiger partial charge in [-0.1, -0.05) is 6.92 Å². The topological polar surface area (TPSA) is 41.6 Å². The summed E-state index contributed by atoms with van der Waals surface area (Å²) in [7, 11) is 0. The van der Waals surface area contributed by atoms with Crippen LogP contribution in [-0.4, -0.2) is 20.7 Å². The number of nitrogens with one attached hydrogen (secondary N) is 1. The Balaban J connectivity index is 2.60. The van der Waals surface area contributed by atoms with Crippen molar-refractivity contribution in [1.82, 2.24) is 15.0 Å². The number of aromatic amines is 1. The molecule has 2 aromatic heterocycles. The number of nitrogens with zero attached hydrogens (tertiary/aromatic N) is 2. The Morgan fingerprint density at radius 2 is 2.31 bits per heavy atom. The van der Waals surface area contributed by atoms with E-state index in [1.165, 1.54) is 0 Å². The van der Waals surface area contributed by atoms with Gasteiger partial charge in [0.15, 0.2) is 0 Å². The zero-order valence-corrected chi connectivity index (χ0v) is 8.48. The number of rotatable bonds is 2. The first-order valence-electron chi connectivity index (χ1n) is 4.24. The van der Waals surface area contributed by atoms with Crippen molar-refractivity contribution < 1.29 is 0 Å². The summed E-state index contributed by atoms with van der Waals surface area (Å²) >= 11 is 1.75. The molecule has 2 aromatic rings. The molecule has 0 atom stereocenters. The van der Waals surface area contributed by atoms with E-state index in [2.05, 4.69) is 27.9 Å². The van der Waals surface area contributed by atoms with Crippen molar-refractivity contribution in [1.29, 1.82) is 0 Å². The van der Waals surface area contributed by atoms with Gasteiger partial charge in [-0.25, -0.2) is 9.97 Å². The molecule has 0 aliphatic rings. The molecular weight excluding hydrogens is 182 g/mol. The average molecular weight is 193 g/mol. The second-order valence-corrected chi connectivity index (χ2v) is 4.08. The van der Waals surface area contributed by atoms with Gasteiger partial charge >= 0.3 is 0 Å². The monoisotopic (exact) mass is 193 g/mol. The van der Waals surface area contributed by atoms with E-state index in [-0.39, 0.29) is 0 Å². The van der Waals surface area contributed by atoms with Crippen LogP contribution < -0.4 is 0 Å². The van der Waals surface area contributed by atoms with Crippen LogP contribution in [0.1, 0.15) is 12.6 Å². The van der Waals surface area contributed by atoms with Gasteiger partial charge < -0.3 is 4.98 Å². The second-order valence-electron chi connectivity index (χ2n) is 2.83. The lowest BCUT2D eigenvalue weighted by Crippen LogP contribution is -1.84. The summed E-state index contributed by atoms with van der Waals surface area (Å²) in [6.45, 7) is 4.15. The lowest BCUT2D eigenvalue weighted by atomic mass is 10.4. The summed E-state index contributed by atoms with van der Waals surface area (Å²) < 4.78 is 0. The fourth-order valence-corrected chi connectivity index (χ4v) is 2.01. The van der Waals surface area contributed by atoms with Gasteiger partial charge in [-0.15, -0.1) is 11.8 Å². The van der Waals surface area contributed by atoms with E-state index in [1.54, 1.807) is 18.1 Å². The van der Waals surface area contributed by atoms with Crippen molar-refractivity contribution in [2.45, 2.75) is 18.9 Å². The van der Waals surface area contributed by atoms with E-state index in [1.807, 2.05) is 6.92 Å². The van der Waals surface area contributed by atoms with Crippen LogP contribution in [0.15, 0.2) is 17.4 Å². The van der Waals surface area contributed by atoms with Crippen molar-refractivity contribution in [2.24, 2.45) is 0 Å². The summed E-state index contributed by atoms with van der Waals surface area (Å²) in [5.74, 6) is 1.04. The normalized spacial score (nSPS) is 10.9. The molecule has 4 heteroatoms. The van der Waals surface area contributed by atoms with Gasteiger partial charge in [0.05, 0.1) is 5.39 Å². The summed E-state index contributed by atoms with van der Waals surface area (Å²) in [6.07, 6.45) is 1.61. The predicted octanol–water partition coefficient (Wildman–Crippen LogP) is 2.38. The highest BCUT2D eigenvalue weighted by Gasteiger charge is 2.04. The third-order valence-electron chi connectivity index (χ3n) is 1.80. The molecule has 0 unspecified atom stereocenters. The molecular formula is C9H11N3S. The molecule has 13 heavy (non-hydrogen) atoms. The van der Waals surface area contributed by atoms with Crippen molar-refractivity contribution in [3.8, 4) is 0 Å². The van der Waals surface area contributed by atoms with Crippen LogP contribution in [0.25, 0.3) is 11.0 Å². The van der Waals surface area contributed by atoms with Crippen molar-refractivity contribution >= 4 is 22.8 Å². The quantitative estimate of drug-likeness (QED) is 0.588. The van der Waals surface area contributed by atoms with Gasteiger partial charge in [0, 0.05) is 5.69 Å². The Hall–Kier alpha value is -1.03. The molecule has 68 valence electrons. The Labute approximate surface area is 81.0 Å². The fourth-order valence-electron chi connectivity index (χ4n) is 1.30. The highest BCUT2D eigenvalue weighted by atomic mass is 32.2. The van der Waals surface area contributed by atoms with E-state index in [0.717, 1.165) is 27.5 Å². The molecule has 2 heterocycles. The van der Waals surface area contributed by atoms with Gasteiger partial charge in [-0.3, -0.25) is 0 Å². The molecule has 0 spiro atoms. The predicted molar refractivity (Wildman–Crippen MR) is 55.0 cm³/mol. The van der Waals surface area contributed by atoms with Crippen LogP contribution in [0.4, 0.5) is 0 Å². The molecule has 0 bridgehead atoms. The molecule has 0 radical (unpaired) electrons. The van der Waals surface area contributed by atoms with Crippen LogP contribution in [-0.2, 0) is 0 Å². The molecule has 0 aromatic carbocycles. The lowest BCUT2D eigenvalue weighted by molar-refractivity contribution is 1.09. The zero-order valence-electron chi connectivity index (χ0n) is 7.66. The lowest BCUT2D eigenvalue weighted by Gasteiger charge is -1.96. The molecule has 0 aliphatic carbocycles. The number of hydrogen-bond donors (Lipinski definition) is 1. The summed E-state index contributed by atoms with van der Waals surface area (Å²) in [4.78, 5) is 11.6. The molecule has 0 aliphatic heterocycles. The van der Waals surface area contributed by atoms with Gasteiger partial charge in [0.25, 0.3) is 0 Å². The van der Waals surface area contributed by atoms with Gasteiger partial charge in [0.2, 0.25) is 0 Å². The van der Waals surface area contributed by atoms with Crippen LogP contribution in [0.2, 0.25) is 0 Å². The van der Waals surface area contributed by atoms with Crippen LogP contribution in [0.5, 0.6) is 0 Å². The van der Waals surface area contributed by atoms with E-state index < -0.39 is 0 Å². The van der Waals surface area contributed by atoms with Crippen molar-refractivity contribution in [3.63, 3.8) is 0 Å². The molecule has 0 amide bonds. The minimum absolute atomic E-state index is 0.934. The highest BCUT2D eigenvalue weighted by molar-refractivity contribution is 7.99. The third kappa shape index (κ3) is 1.54. The minimum Gasteiger partial charge on any atom is -0.343 e. The van der Waals surface area contributed by atoms with Crippen LogP contribution in [0, 0.1) is 6.92 Å². The smallest absolute Gasteiger partial charge is 0.142 e. The molecule has 0 saturated carbocycles. The van der Waals surface area contributed by atoms with Crippen molar-refractivity contribution in [2.75, 3.05) is 5.75 Å². The number of aryl methyl sites for hydroxylation is 1. The first-order valence-corrected chi connectivity index (χ1v) is 5.23. The summed E-state index contributed by atoms with van der Waals surface area (Å²) in [5, 5.41) is 2.20. The van der Waals surface area contributed by atoms with Gasteiger partial charge in [0.1, 0.15) is 17.0 Å². The second kappa shape index (κ2) is 3.38. The Kier molecular flexibility index (Phi) is 2.22. The molecule has 0 fully saturated rings. The molecule has 1 N–H and O–H groups in total. The molecule has 3 nitrogen and oxygen atoms in total.